The monoisotopic (exact) mass is 392 g/mol. The van der Waals surface area contributed by atoms with Crippen LogP contribution in [-0.2, 0) is 4.79 Å². The molecule has 2 rings (SSSR count). The zero-order valence-corrected chi connectivity index (χ0v) is 16.2. The zero-order valence-electron chi connectivity index (χ0n) is 14.7. The minimum Gasteiger partial charge on any atom is -0.495 e. The fraction of sp³-hybridized carbons (Fsp3) is 0.263. The van der Waals surface area contributed by atoms with Gasteiger partial charge in [-0.25, -0.2) is 0 Å². The maximum atomic E-state index is 12.0. The number of amides is 1. The van der Waals surface area contributed by atoms with Gasteiger partial charge in [-0.2, -0.15) is 0 Å². The molecule has 0 atom stereocenters. The molecule has 0 heterocycles. The average Bonchev–Trinajstić information content (AvgIpc) is 2.62. The summed E-state index contributed by atoms with van der Waals surface area (Å²) in [6.07, 6.45) is 0.901. The van der Waals surface area contributed by atoms with Crippen LogP contribution in [0.3, 0.4) is 0 Å². The number of rotatable bonds is 7. The van der Waals surface area contributed by atoms with Gasteiger partial charge in [0.15, 0.2) is 5.11 Å². The average molecular weight is 393 g/mol. The molecule has 1 amide bonds. The number of halogens is 1. The number of anilines is 1. The Kier molecular flexibility index (Phi) is 7.69. The lowest BCUT2D eigenvalue weighted by atomic mass is 10.2. The summed E-state index contributed by atoms with van der Waals surface area (Å²) >= 11 is 11.3. The molecule has 2 aromatic carbocycles. The van der Waals surface area contributed by atoms with Gasteiger partial charge in [0.1, 0.15) is 11.5 Å². The van der Waals surface area contributed by atoms with E-state index < -0.39 is 0 Å². The lowest BCUT2D eigenvalue weighted by Crippen LogP contribution is -2.34. The van der Waals surface area contributed by atoms with Gasteiger partial charge in [0.05, 0.1) is 19.4 Å². The number of aryl methyl sites for hydroxylation is 1. The molecule has 0 saturated carbocycles. The molecule has 26 heavy (non-hydrogen) atoms. The second kappa shape index (κ2) is 9.99. The van der Waals surface area contributed by atoms with Crippen LogP contribution < -0.4 is 20.1 Å². The summed E-state index contributed by atoms with van der Waals surface area (Å²) in [7, 11) is 1.54. The van der Waals surface area contributed by atoms with Gasteiger partial charge in [-0.3, -0.25) is 4.79 Å². The zero-order chi connectivity index (χ0) is 18.9. The van der Waals surface area contributed by atoms with Gasteiger partial charge in [-0.1, -0.05) is 29.8 Å². The molecule has 0 unspecified atom stereocenters. The second-order valence-corrected chi connectivity index (χ2v) is 6.38. The minimum absolute atomic E-state index is 0.177. The summed E-state index contributed by atoms with van der Waals surface area (Å²) in [5.41, 5.74) is 1.52. The van der Waals surface area contributed by atoms with E-state index in [1.54, 1.807) is 13.2 Å². The van der Waals surface area contributed by atoms with Crippen molar-refractivity contribution >= 4 is 40.5 Å². The number of hydrogen-bond acceptors (Lipinski definition) is 4. The number of methoxy groups -OCH3 is 1. The number of carbonyl (C=O) groups is 1. The van der Waals surface area contributed by atoms with Crippen LogP contribution in [0.1, 0.15) is 18.4 Å². The molecule has 2 aromatic rings. The number of carbonyl (C=O) groups excluding carboxylic acids is 1. The molecule has 0 bridgehead atoms. The third kappa shape index (κ3) is 6.20. The van der Waals surface area contributed by atoms with E-state index in [2.05, 4.69) is 10.6 Å². The van der Waals surface area contributed by atoms with Crippen LogP contribution >= 0.6 is 23.8 Å². The maximum absolute atomic E-state index is 12.0. The van der Waals surface area contributed by atoms with E-state index in [4.69, 9.17) is 33.3 Å². The van der Waals surface area contributed by atoms with E-state index in [-0.39, 0.29) is 11.0 Å². The fourth-order valence-electron chi connectivity index (χ4n) is 2.21. The topological polar surface area (TPSA) is 59.6 Å². The van der Waals surface area contributed by atoms with Gasteiger partial charge < -0.3 is 20.1 Å². The number of nitrogens with one attached hydrogen (secondary N) is 2. The molecular formula is C19H21ClN2O3S. The van der Waals surface area contributed by atoms with Crippen molar-refractivity contribution in [3.8, 4) is 11.5 Å². The van der Waals surface area contributed by atoms with Gasteiger partial charge >= 0.3 is 0 Å². The summed E-state index contributed by atoms with van der Waals surface area (Å²) in [6.45, 7) is 2.34. The molecular weight excluding hydrogens is 372 g/mol. The Balaban J connectivity index is 1.77. The predicted octanol–water partition coefficient (Wildman–Crippen LogP) is 4.33. The molecule has 0 aliphatic heterocycles. The molecule has 0 aromatic heterocycles. The molecule has 0 radical (unpaired) electrons. The minimum atomic E-state index is -0.177. The van der Waals surface area contributed by atoms with Crippen LogP contribution in [0.2, 0.25) is 5.02 Å². The second-order valence-electron chi connectivity index (χ2n) is 5.57. The predicted molar refractivity (Wildman–Crippen MR) is 108 cm³/mol. The van der Waals surface area contributed by atoms with Crippen molar-refractivity contribution in [1.29, 1.82) is 0 Å². The molecule has 0 fully saturated rings. The third-order valence-corrected chi connectivity index (χ3v) is 4.15. The van der Waals surface area contributed by atoms with Crippen molar-refractivity contribution < 1.29 is 14.3 Å². The van der Waals surface area contributed by atoms with E-state index in [0.717, 1.165) is 11.3 Å². The Labute approximate surface area is 163 Å². The number of benzene rings is 2. The fourth-order valence-corrected chi connectivity index (χ4v) is 2.59. The normalized spacial score (nSPS) is 10.1. The number of para-hydroxylation sites is 1. The van der Waals surface area contributed by atoms with Crippen LogP contribution in [0, 0.1) is 6.92 Å². The van der Waals surface area contributed by atoms with Crippen LogP contribution in [0.5, 0.6) is 11.5 Å². The third-order valence-electron chi connectivity index (χ3n) is 3.54. The number of thiocarbonyl (C=S) groups is 1. The molecule has 0 saturated heterocycles. The van der Waals surface area contributed by atoms with Crippen LogP contribution in [0.25, 0.3) is 0 Å². The summed E-state index contributed by atoms with van der Waals surface area (Å²) in [4.78, 5) is 12.0. The SMILES string of the molecule is COc1cc(Cl)c(C)cc1NC(=S)NC(=O)CCCOc1ccccc1. The van der Waals surface area contributed by atoms with Gasteiger partial charge in [-0.15, -0.1) is 0 Å². The number of hydrogen-bond donors (Lipinski definition) is 2. The first-order valence-electron chi connectivity index (χ1n) is 8.12. The molecule has 2 N–H and O–H groups in total. The van der Waals surface area contributed by atoms with Crippen molar-refractivity contribution in [2.24, 2.45) is 0 Å². The van der Waals surface area contributed by atoms with Gasteiger partial charge in [0.25, 0.3) is 0 Å². The van der Waals surface area contributed by atoms with Crippen molar-refractivity contribution in [2.45, 2.75) is 19.8 Å². The Morgan fingerprint density at radius 3 is 2.65 bits per heavy atom. The van der Waals surface area contributed by atoms with Gasteiger partial charge in [0.2, 0.25) is 5.91 Å². The van der Waals surface area contributed by atoms with Crippen molar-refractivity contribution in [3.63, 3.8) is 0 Å². The molecule has 0 aliphatic rings. The van der Waals surface area contributed by atoms with E-state index in [1.807, 2.05) is 43.3 Å². The molecule has 138 valence electrons. The van der Waals surface area contributed by atoms with Crippen molar-refractivity contribution in [3.05, 3.63) is 53.1 Å². The Morgan fingerprint density at radius 2 is 1.96 bits per heavy atom. The standard InChI is InChI=1S/C19H21ClN2O3S/c1-13-11-16(17(24-2)12-15(13)20)21-19(26)22-18(23)9-6-10-25-14-7-4-3-5-8-14/h3-5,7-8,11-12H,6,9-10H2,1-2H3,(H2,21,22,23,26). The van der Waals surface area contributed by atoms with Crippen molar-refractivity contribution in [2.75, 3.05) is 19.0 Å². The molecule has 7 heteroatoms. The Morgan fingerprint density at radius 1 is 1.23 bits per heavy atom. The smallest absolute Gasteiger partial charge is 0.226 e. The number of ether oxygens (including phenoxy) is 2. The quantitative estimate of drug-likeness (QED) is 0.542. The van der Waals surface area contributed by atoms with E-state index >= 15 is 0 Å². The largest absolute Gasteiger partial charge is 0.495 e. The van der Waals surface area contributed by atoms with Crippen molar-refractivity contribution in [1.82, 2.24) is 5.32 Å². The highest BCUT2D eigenvalue weighted by Crippen LogP contribution is 2.30. The maximum Gasteiger partial charge on any atom is 0.226 e. The Bertz CT molecular complexity index is 769. The van der Waals surface area contributed by atoms with Crippen LogP contribution in [0.15, 0.2) is 42.5 Å². The first kappa shape index (κ1) is 20.0. The highest BCUT2D eigenvalue weighted by atomic mass is 35.5. The highest BCUT2D eigenvalue weighted by molar-refractivity contribution is 7.80. The highest BCUT2D eigenvalue weighted by Gasteiger charge is 2.10. The summed E-state index contributed by atoms with van der Waals surface area (Å²) in [5, 5.41) is 6.42. The van der Waals surface area contributed by atoms with Crippen LogP contribution in [0.4, 0.5) is 5.69 Å². The van der Waals surface area contributed by atoms with E-state index in [1.165, 1.54) is 0 Å². The lowest BCUT2D eigenvalue weighted by Gasteiger charge is -2.14. The Hall–Kier alpha value is -2.31. The van der Waals surface area contributed by atoms with E-state index in [0.29, 0.717) is 35.9 Å². The molecule has 5 nitrogen and oxygen atoms in total. The van der Waals surface area contributed by atoms with Gasteiger partial charge in [0, 0.05) is 17.5 Å². The lowest BCUT2D eigenvalue weighted by molar-refractivity contribution is -0.119. The van der Waals surface area contributed by atoms with Gasteiger partial charge in [-0.05, 0) is 49.3 Å². The molecule has 0 spiro atoms. The first-order valence-corrected chi connectivity index (χ1v) is 8.91. The van der Waals surface area contributed by atoms with Crippen LogP contribution in [-0.4, -0.2) is 24.7 Å². The summed E-state index contributed by atoms with van der Waals surface area (Å²) in [5.74, 6) is 1.16. The van der Waals surface area contributed by atoms with E-state index in [9.17, 15) is 4.79 Å². The molecule has 0 aliphatic carbocycles. The summed E-state index contributed by atoms with van der Waals surface area (Å²) in [6, 6.07) is 13.0. The first-order chi connectivity index (χ1) is 12.5. The summed E-state index contributed by atoms with van der Waals surface area (Å²) < 4.78 is 10.8.